The van der Waals surface area contributed by atoms with Crippen molar-refractivity contribution in [3.05, 3.63) is 63.5 Å². The fraction of sp³-hybridized carbons (Fsp3) is 0.304. The molecule has 0 saturated carbocycles. The Balaban J connectivity index is 1.26. The number of fused-ring (bicyclic) bond motifs is 2. The Morgan fingerprint density at radius 2 is 1.90 bits per heavy atom. The van der Waals surface area contributed by atoms with Crippen molar-refractivity contribution in [1.29, 1.82) is 0 Å². The van der Waals surface area contributed by atoms with Gasteiger partial charge in [0.1, 0.15) is 13.2 Å². The molecule has 0 atom stereocenters. The predicted octanol–water partition coefficient (Wildman–Crippen LogP) is 3.63. The van der Waals surface area contributed by atoms with E-state index in [4.69, 9.17) is 21.1 Å². The van der Waals surface area contributed by atoms with Gasteiger partial charge >= 0.3 is 5.69 Å². The van der Waals surface area contributed by atoms with Crippen LogP contribution in [0.2, 0.25) is 5.02 Å². The lowest BCUT2D eigenvalue weighted by Gasteiger charge is -2.32. The Labute approximate surface area is 183 Å². The second-order valence-electron chi connectivity index (χ2n) is 7.73. The first-order valence-corrected chi connectivity index (χ1v) is 10.7. The van der Waals surface area contributed by atoms with E-state index in [1.54, 1.807) is 18.2 Å². The number of likely N-dealkylation sites (tertiary alicyclic amines) is 1. The first-order valence-electron chi connectivity index (χ1n) is 10.4. The maximum absolute atomic E-state index is 12.7. The zero-order valence-electron chi connectivity index (χ0n) is 16.8. The number of rotatable bonds is 3. The van der Waals surface area contributed by atoms with Gasteiger partial charge in [-0.2, -0.15) is 0 Å². The van der Waals surface area contributed by atoms with Gasteiger partial charge in [0.15, 0.2) is 11.5 Å². The lowest BCUT2D eigenvalue weighted by molar-refractivity contribution is -0.127. The summed E-state index contributed by atoms with van der Waals surface area (Å²) in [5, 5.41) is 0.467. The summed E-state index contributed by atoms with van der Waals surface area (Å²) < 4.78 is 12.9. The fourth-order valence-corrected chi connectivity index (χ4v) is 4.55. The van der Waals surface area contributed by atoms with E-state index in [1.807, 2.05) is 39.8 Å². The summed E-state index contributed by atoms with van der Waals surface area (Å²) in [5.74, 6) is 1.08. The molecule has 2 aliphatic heterocycles. The number of hydrogen-bond donors (Lipinski definition) is 1. The number of H-pyrrole nitrogens is 1. The minimum Gasteiger partial charge on any atom is -0.486 e. The third kappa shape index (κ3) is 3.81. The number of hydrogen-bond acceptors (Lipinski definition) is 4. The number of halogens is 1. The molecule has 1 saturated heterocycles. The van der Waals surface area contributed by atoms with Gasteiger partial charge in [-0.15, -0.1) is 0 Å². The molecule has 3 aromatic rings. The summed E-state index contributed by atoms with van der Waals surface area (Å²) in [4.78, 5) is 29.8. The van der Waals surface area contributed by atoms with Crippen LogP contribution in [0.3, 0.4) is 0 Å². The standard InChI is InChI=1S/C23H22ClN3O4/c24-17-13-15(14-20-22(17)31-12-11-30-20)5-6-21(28)26-9-7-16(8-10-26)27-19-4-2-1-3-18(19)25-23(27)29/h1-6,13-14,16H,7-12H2,(H,25,29)/b6-5+. The summed E-state index contributed by atoms with van der Waals surface area (Å²) in [6, 6.07) is 11.3. The topological polar surface area (TPSA) is 76.6 Å². The van der Waals surface area contributed by atoms with Crippen molar-refractivity contribution in [2.45, 2.75) is 18.9 Å². The third-order valence-corrected chi connectivity index (χ3v) is 6.08. The maximum Gasteiger partial charge on any atom is 0.326 e. The molecular weight excluding hydrogens is 418 g/mol. The molecule has 160 valence electrons. The fourth-order valence-electron chi connectivity index (χ4n) is 4.28. The van der Waals surface area contributed by atoms with Crippen LogP contribution in [-0.4, -0.2) is 46.7 Å². The van der Waals surface area contributed by atoms with Gasteiger partial charge in [0.2, 0.25) is 5.91 Å². The number of piperidine rings is 1. The summed E-state index contributed by atoms with van der Waals surface area (Å²) in [5.41, 5.74) is 2.43. The molecule has 1 fully saturated rings. The largest absolute Gasteiger partial charge is 0.486 e. The Bertz CT molecular complexity index is 1220. The van der Waals surface area contributed by atoms with Gasteiger partial charge < -0.3 is 19.4 Å². The van der Waals surface area contributed by atoms with Crippen molar-refractivity contribution in [3.63, 3.8) is 0 Å². The van der Waals surface area contributed by atoms with E-state index in [1.165, 1.54) is 0 Å². The quantitative estimate of drug-likeness (QED) is 0.632. The first-order chi connectivity index (χ1) is 15.1. The van der Waals surface area contributed by atoms with Crippen LogP contribution in [0, 0.1) is 0 Å². The minimum absolute atomic E-state index is 0.0595. The van der Waals surface area contributed by atoms with Gasteiger partial charge in [0.05, 0.1) is 16.1 Å². The van der Waals surface area contributed by atoms with E-state index in [9.17, 15) is 9.59 Å². The van der Waals surface area contributed by atoms with Gasteiger partial charge in [0, 0.05) is 25.2 Å². The lowest BCUT2D eigenvalue weighted by Crippen LogP contribution is -2.39. The van der Waals surface area contributed by atoms with Crippen LogP contribution in [0.5, 0.6) is 11.5 Å². The molecule has 8 heteroatoms. The molecule has 0 spiro atoms. The summed E-state index contributed by atoms with van der Waals surface area (Å²) in [7, 11) is 0. The van der Waals surface area contributed by atoms with Crippen LogP contribution >= 0.6 is 11.6 Å². The number of ether oxygens (including phenoxy) is 2. The molecule has 2 aromatic carbocycles. The zero-order chi connectivity index (χ0) is 21.4. The molecule has 3 heterocycles. The van der Waals surface area contributed by atoms with Crippen LogP contribution < -0.4 is 15.2 Å². The second kappa shape index (κ2) is 8.15. The number of benzene rings is 2. The van der Waals surface area contributed by atoms with Gasteiger partial charge in [-0.3, -0.25) is 9.36 Å². The number of carbonyl (C=O) groups is 1. The highest BCUT2D eigenvalue weighted by atomic mass is 35.5. The number of nitrogens with zero attached hydrogens (tertiary/aromatic N) is 2. The first kappa shape index (κ1) is 19.8. The molecular formula is C23H22ClN3O4. The molecule has 1 aromatic heterocycles. The van der Waals surface area contributed by atoms with Gasteiger partial charge in [-0.25, -0.2) is 4.79 Å². The number of carbonyl (C=O) groups excluding carboxylic acids is 1. The Morgan fingerprint density at radius 1 is 1.13 bits per heavy atom. The van der Waals surface area contributed by atoms with Gasteiger partial charge in [-0.05, 0) is 48.7 Å². The van der Waals surface area contributed by atoms with Crippen LogP contribution in [0.1, 0.15) is 24.4 Å². The van der Waals surface area contributed by atoms with E-state index >= 15 is 0 Å². The molecule has 2 aliphatic rings. The number of aromatic amines is 1. The number of aromatic nitrogens is 2. The molecule has 1 amide bonds. The Kier molecular flexibility index (Phi) is 5.19. The molecule has 7 nitrogen and oxygen atoms in total. The molecule has 5 rings (SSSR count). The number of amides is 1. The number of imidazole rings is 1. The second-order valence-corrected chi connectivity index (χ2v) is 8.14. The molecule has 1 N–H and O–H groups in total. The van der Waals surface area contributed by atoms with Crippen LogP contribution in [-0.2, 0) is 4.79 Å². The number of nitrogens with one attached hydrogen (secondary N) is 1. The predicted molar refractivity (Wildman–Crippen MR) is 119 cm³/mol. The van der Waals surface area contributed by atoms with E-state index in [2.05, 4.69) is 4.98 Å². The van der Waals surface area contributed by atoms with Gasteiger partial charge in [-0.1, -0.05) is 23.7 Å². The summed E-state index contributed by atoms with van der Waals surface area (Å²) in [6.07, 6.45) is 4.76. The summed E-state index contributed by atoms with van der Waals surface area (Å²) in [6.45, 7) is 2.15. The molecule has 0 radical (unpaired) electrons. The van der Waals surface area contributed by atoms with Crippen molar-refractivity contribution in [1.82, 2.24) is 14.5 Å². The minimum atomic E-state index is -0.0960. The van der Waals surface area contributed by atoms with Crippen LogP contribution in [0.4, 0.5) is 0 Å². The average Bonchev–Trinajstić information content (AvgIpc) is 3.13. The van der Waals surface area contributed by atoms with Crippen molar-refractivity contribution in [3.8, 4) is 11.5 Å². The van der Waals surface area contributed by atoms with Crippen molar-refractivity contribution >= 4 is 34.6 Å². The van der Waals surface area contributed by atoms with E-state index < -0.39 is 0 Å². The highest BCUT2D eigenvalue weighted by molar-refractivity contribution is 6.32. The zero-order valence-corrected chi connectivity index (χ0v) is 17.6. The monoisotopic (exact) mass is 439 g/mol. The molecule has 31 heavy (non-hydrogen) atoms. The highest BCUT2D eigenvalue weighted by Gasteiger charge is 2.25. The van der Waals surface area contributed by atoms with Crippen molar-refractivity contribution in [2.24, 2.45) is 0 Å². The van der Waals surface area contributed by atoms with E-state index in [0.717, 1.165) is 29.4 Å². The Morgan fingerprint density at radius 3 is 2.74 bits per heavy atom. The smallest absolute Gasteiger partial charge is 0.326 e. The number of para-hydroxylation sites is 2. The van der Waals surface area contributed by atoms with Crippen LogP contribution in [0.25, 0.3) is 17.1 Å². The van der Waals surface area contributed by atoms with Crippen molar-refractivity contribution in [2.75, 3.05) is 26.3 Å². The van der Waals surface area contributed by atoms with E-state index in [-0.39, 0.29) is 17.6 Å². The average molecular weight is 440 g/mol. The Hall–Kier alpha value is -3.19. The SMILES string of the molecule is O=C(/C=C/c1cc(Cl)c2c(c1)OCCO2)N1CCC(n2c(=O)[nH]c3ccccc32)CC1. The third-order valence-electron chi connectivity index (χ3n) is 5.80. The van der Waals surface area contributed by atoms with Gasteiger partial charge in [0.25, 0.3) is 0 Å². The normalized spacial score (nSPS) is 16.9. The highest BCUT2D eigenvalue weighted by Crippen LogP contribution is 2.38. The molecule has 0 bridgehead atoms. The summed E-state index contributed by atoms with van der Waals surface area (Å²) >= 11 is 6.27. The van der Waals surface area contributed by atoms with Crippen molar-refractivity contribution < 1.29 is 14.3 Å². The molecule has 0 unspecified atom stereocenters. The lowest BCUT2D eigenvalue weighted by atomic mass is 10.0. The maximum atomic E-state index is 12.7. The molecule has 0 aliphatic carbocycles. The van der Waals surface area contributed by atoms with E-state index in [0.29, 0.717) is 42.8 Å². The van der Waals surface area contributed by atoms with Crippen LogP contribution in [0.15, 0.2) is 47.3 Å².